The minimum Gasteiger partial charge on any atom is -0.480 e. The van der Waals surface area contributed by atoms with Gasteiger partial charge in [0.2, 0.25) is 5.91 Å². The second-order valence-corrected chi connectivity index (χ2v) is 6.21. The maximum Gasteiger partial charge on any atom is 0.323 e. The molecular weight excluding hydrogens is 266 g/mol. The van der Waals surface area contributed by atoms with Crippen molar-refractivity contribution in [3.8, 4) is 0 Å². The van der Waals surface area contributed by atoms with E-state index >= 15 is 0 Å². The van der Waals surface area contributed by atoms with E-state index in [1.807, 2.05) is 30.3 Å². The van der Waals surface area contributed by atoms with Crippen LogP contribution < -0.4 is 0 Å². The van der Waals surface area contributed by atoms with Crippen molar-refractivity contribution in [3.63, 3.8) is 0 Å². The van der Waals surface area contributed by atoms with Gasteiger partial charge in [-0.15, -0.1) is 0 Å². The first-order valence-corrected chi connectivity index (χ1v) is 7.72. The van der Waals surface area contributed by atoms with Crippen LogP contribution in [0.4, 0.5) is 0 Å². The van der Waals surface area contributed by atoms with Crippen LogP contribution in [0.2, 0.25) is 0 Å². The highest BCUT2D eigenvalue weighted by molar-refractivity contribution is 5.91. The third-order valence-electron chi connectivity index (χ3n) is 4.75. The number of carbonyl (C=O) groups is 2. The number of rotatable bonds is 5. The van der Waals surface area contributed by atoms with E-state index in [0.717, 1.165) is 44.1 Å². The van der Waals surface area contributed by atoms with Crippen LogP contribution in [0.5, 0.6) is 0 Å². The minimum atomic E-state index is -0.920. The topological polar surface area (TPSA) is 57.6 Å². The molecule has 0 radical (unpaired) electrons. The Bertz CT molecular complexity index is 530. The summed E-state index contributed by atoms with van der Waals surface area (Å²) in [6.07, 6.45) is 5.60. The van der Waals surface area contributed by atoms with E-state index in [1.165, 1.54) is 0 Å². The molecule has 0 heterocycles. The van der Waals surface area contributed by atoms with Gasteiger partial charge in [0, 0.05) is 6.04 Å². The van der Waals surface area contributed by atoms with Crippen LogP contribution in [-0.2, 0) is 15.0 Å². The Kier molecular flexibility index (Phi) is 3.70. The average molecular weight is 287 g/mol. The first-order chi connectivity index (χ1) is 10.1. The van der Waals surface area contributed by atoms with Crippen molar-refractivity contribution in [2.24, 2.45) is 0 Å². The number of hydrogen-bond acceptors (Lipinski definition) is 2. The first kappa shape index (κ1) is 14.1. The van der Waals surface area contributed by atoms with Crippen molar-refractivity contribution in [2.75, 3.05) is 6.54 Å². The molecule has 112 valence electrons. The van der Waals surface area contributed by atoms with Gasteiger partial charge in [-0.1, -0.05) is 43.2 Å². The number of nitrogens with zero attached hydrogens (tertiary/aromatic N) is 1. The zero-order valence-electron chi connectivity index (χ0n) is 12.1. The summed E-state index contributed by atoms with van der Waals surface area (Å²) in [5.41, 5.74) is 0.544. The van der Waals surface area contributed by atoms with E-state index < -0.39 is 11.4 Å². The zero-order valence-corrected chi connectivity index (χ0v) is 12.1. The maximum atomic E-state index is 13.1. The van der Waals surface area contributed by atoms with Gasteiger partial charge in [0.15, 0.2) is 0 Å². The van der Waals surface area contributed by atoms with Crippen LogP contribution >= 0.6 is 0 Å². The van der Waals surface area contributed by atoms with E-state index in [1.54, 1.807) is 4.90 Å². The Morgan fingerprint density at radius 2 is 1.76 bits per heavy atom. The van der Waals surface area contributed by atoms with Crippen LogP contribution in [0.15, 0.2) is 30.3 Å². The summed E-state index contributed by atoms with van der Waals surface area (Å²) in [5.74, 6) is -0.896. The second-order valence-electron chi connectivity index (χ2n) is 6.21. The van der Waals surface area contributed by atoms with Crippen molar-refractivity contribution in [2.45, 2.75) is 50.0 Å². The molecule has 4 heteroatoms. The normalized spacial score (nSPS) is 20.2. The van der Waals surface area contributed by atoms with Gasteiger partial charge in [-0.3, -0.25) is 9.59 Å². The molecule has 0 atom stereocenters. The van der Waals surface area contributed by atoms with Crippen LogP contribution in [-0.4, -0.2) is 34.5 Å². The molecule has 3 rings (SSSR count). The van der Waals surface area contributed by atoms with E-state index in [9.17, 15) is 9.59 Å². The van der Waals surface area contributed by atoms with E-state index in [0.29, 0.717) is 0 Å². The molecule has 1 N–H and O–H groups in total. The van der Waals surface area contributed by atoms with Gasteiger partial charge >= 0.3 is 5.97 Å². The smallest absolute Gasteiger partial charge is 0.323 e. The van der Waals surface area contributed by atoms with Crippen molar-refractivity contribution < 1.29 is 14.7 Å². The Balaban J connectivity index is 1.93. The summed E-state index contributed by atoms with van der Waals surface area (Å²) in [6, 6.07) is 10.0. The van der Waals surface area contributed by atoms with Gasteiger partial charge in [-0.05, 0) is 31.2 Å². The molecular formula is C17H21NO3. The van der Waals surface area contributed by atoms with Crippen molar-refractivity contribution in [3.05, 3.63) is 35.9 Å². The average Bonchev–Trinajstić information content (AvgIpc) is 3.21. The number of amides is 1. The third-order valence-corrected chi connectivity index (χ3v) is 4.75. The summed E-state index contributed by atoms with van der Waals surface area (Å²) >= 11 is 0. The van der Waals surface area contributed by atoms with Crippen LogP contribution in [0.3, 0.4) is 0 Å². The standard InChI is InChI=1S/C17H21NO3/c19-15(20)12-18(14-8-9-14)16(21)17(10-4-5-11-17)13-6-2-1-3-7-13/h1-3,6-7,14H,4-5,8-12H2,(H,19,20). The summed E-state index contributed by atoms with van der Waals surface area (Å²) < 4.78 is 0. The monoisotopic (exact) mass is 287 g/mol. The second kappa shape index (κ2) is 5.51. The quantitative estimate of drug-likeness (QED) is 0.905. The van der Waals surface area contributed by atoms with Gasteiger partial charge in [-0.25, -0.2) is 0 Å². The first-order valence-electron chi connectivity index (χ1n) is 7.72. The number of carboxylic acid groups (broad SMARTS) is 1. The molecule has 1 amide bonds. The van der Waals surface area contributed by atoms with E-state index in [-0.39, 0.29) is 18.5 Å². The fourth-order valence-corrected chi connectivity index (χ4v) is 3.54. The Morgan fingerprint density at radius 3 is 2.29 bits per heavy atom. The predicted molar refractivity (Wildman–Crippen MR) is 79.0 cm³/mol. The van der Waals surface area contributed by atoms with Gasteiger partial charge in [0.25, 0.3) is 0 Å². The summed E-state index contributed by atoms with van der Waals surface area (Å²) in [6.45, 7) is -0.169. The number of hydrogen-bond donors (Lipinski definition) is 1. The fraction of sp³-hybridized carbons (Fsp3) is 0.529. The largest absolute Gasteiger partial charge is 0.480 e. The molecule has 4 nitrogen and oxygen atoms in total. The summed E-state index contributed by atoms with van der Waals surface area (Å²) in [5, 5.41) is 9.11. The van der Waals surface area contributed by atoms with Crippen LogP contribution in [0.1, 0.15) is 44.1 Å². The van der Waals surface area contributed by atoms with Gasteiger partial charge < -0.3 is 10.0 Å². The molecule has 0 saturated heterocycles. The zero-order chi connectivity index (χ0) is 14.9. The molecule has 2 fully saturated rings. The SMILES string of the molecule is O=C(O)CN(C(=O)C1(c2ccccc2)CCCC1)C1CC1. The molecule has 0 unspecified atom stereocenters. The van der Waals surface area contributed by atoms with Gasteiger partial charge in [-0.2, -0.15) is 0 Å². The summed E-state index contributed by atoms with van der Waals surface area (Å²) in [4.78, 5) is 25.9. The lowest BCUT2D eigenvalue weighted by molar-refractivity contribution is -0.147. The highest BCUT2D eigenvalue weighted by atomic mass is 16.4. The van der Waals surface area contributed by atoms with Crippen LogP contribution in [0.25, 0.3) is 0 Å². The minimum absolute atomic E-state index is 0.0242. The molecule has 2 aliphatic carbocycles. The fourth-order valence-electron chi connectivity index (χ4n) is 3.54. The highest BCUT2D eigenvalue weighted by Gasteiger charge is 2.48. The Hall–Kier alpha value is -1.84. The van der Waals surface area contributed by atoms with Crippen molar-refractivity contribution in [1.82, 2.24) is 4.90 Å². The third kappa shape index (κ3) is 2.67. The lowest BCUT2D eigenvalue weighted by atomic mass is 9.77. The number of carboxylic acids is 1. The molecule has 0 aromatic heterocycles. The number of carbonyl (C=O) groups excluding carboxylic acids is 1. The van der Waals surface area contributed by atoms with E-state index in [4.69, 9.17) is 5.11 Å². The lowest BCUT2D eigenvalue weighted by Gasteiger charge is -2.34. The molecule has 2 aliphatic rings. The lowest BCUT2D eigenvalue weighted by Crippen LogP contribution is -2.48. The van der Waals surface area contributed by atoms with Crippen LogP contribution in [0, 0.1) is 0 Å². The van der Waals surface area contributed by atoms with Crippen molar-refractivity contribution >= 4 is 11.9 Å². The Morgan fingerprint density at radius 1 is 1.14 bits per heavy atom. The molecule has 1 aromatic rings. The molecule has 0 spiro atoms. The molecule has 21 heavy (non-hydrogen) atoms. The number of benzene rings is 1. The molecule has 0 bridgehead atoms. The molecule has 1 aromatic carbocycles. The molecule has 0 aliphatic heterocycles. The molecule has 2 saturated carbocycles. The number of aliphatic carboxylic acids is 1. The van der Waals surface area contributed by atoms with Gasteiger partial charge in [0.1, 0.15) is 6.54 Å². The summed E-state index contributed by atoms with van der Waals surface area (Å²) in [7, 11) is 0. The predicted octanol–water partition coefficient (Wildman–Crippen LogP) is 2.57. The van der Waals surface area contributed by atoms with Crippen molar-refractivity contribution in [1.29, 1.82) is 0 Å². The maximum absolute atomic E-state index is 13.1. The Labute approximate surface area is 124 Å². The van der Waals surface area contributed by atoms with Gasteiger partial charge in [0.05, 0.1) is 5.41 Å². The highest BCUT2D eigenvalue weighted by Crippen LogP contribution is 2.44. The van der Waals surface area contributed by atoms with E-state index in [2.05, 4.69) is 0 Å².